The van der Waals surface area contributed by atoms with Crippen LogP contribution in [0.2, 0.25) is 15.1 Å². The van der Waals surface area contributed by atoms with Crippen LogP contribution in [0.3, 0.4) is 0 Å². The monoisotopic (exact) mass is 547 g/mol. The zero-order chi connectivity index (χ0) is 26.4. The lowest BCUT2D eigenvalue weighted by molar-refractivity contribution is -0.137. The molecule has 7 heteroatoms. The van der Waals surface area contributed by atoms with Crippen molar-refractivity contribution >= 4 is 46.8 Å². The van der Waals surface area contributed by atoms with E-state index in [0.29, 0.717) is 27.9 Å². The van der Waals surface area contributed by atoms with Gasteiger partial charge in [0.05, 0.1) is 5.41 Å². The van der Waals surface area contributed by atoms with Gasteiger partial charge >= 0.3 is 6.09 Å². The van der Waals surface area contributed by atoms with Gasteiger partial charge in [-0.05, 0) is 94.2 Å². The molecule has 2 amide bonds. The summed E-state index contributed by atoms with van der Waals surface area (Å²) in [6.07, 6.45) is 3.00. The van der Waals surface area contributed by atoms with Crippen molar-refractivity contribution in [3.63, 3.8) is 0 Å². The smallest absolute Gasteiger partial charge is 0.417 e. The van der Waals surface area contributed by atoms with Crippen molar-refractivity contribution in [2.75, 3.05) is 0 Å². The van der Waals surface area contributed by atoms with E-state index in [1.165, 1.54) is 4.90 Å². The fourth-order valence-electron chi connectivity index (χ4n) is 6.37. The highest BCUT2D eigenvalue weighted by Gasteiger charge is 2.64. The summed E-state index contributed by atoms with van der Waals surface area (Å²) in [5, 5.41) is 1.81. The predicted molar refractivity (Wildman–Crippen MR) is 146 cm³/mol. The summed E-state index contributed by atoms with van der Waals surface area (Å²) in [4.78, 5) is 28.7. The van der Waals surface area contributed by atoms with Crippen molar-refractivity contribution in [3.05, 3.63) is 81.3 Å². The van der Waals surface area contributed by atoms with Gasteiger partial charge in [0.2, 0.25) is 5.91 Å². The van der Waals surface area contributed by atoms with E-state index in [-0.39, 0.29) is 29.7 Å². The van der Waals surface area contributed by atoms with Crippen molar-refractivity contribution in [2.24, 2.45) is 11.3 Å². The van der Waals surface area contributed by atoms with Crippen LogP contribution in [0.15, 0.2) is 55.1 Å². The highest BCUT2D eigenvalue weighted by molar-refractivity contribution is 6.35. The van der Waals surface area contributed by atoms with Crippen molar-refractivity contribution in [1.29, 1.82) is 0 Å². The van der Waals surface area contributed by atoms with Gasteiger partial charge in [-0.1, -0.05) is 59.1 Å². The minimum atomic E-state index is -0.766. The molecule has 4 rings (SSSR count). The molecule has 1 aliphatic carbocycles. The summed E-state index contributed by atoms with van der Waals surface area (Å²) in [6, 6.07) is 13.0. The summed E-state index contributed by atoms with van der Waals surface area (Å²) < 4.78 is 5.68. The molecule has 2 aromatic carbocycles. The van der Waals surface area contributed by atoms with Gasteiger partial charge in [0.25, 0.3) is 0 Å². The molecule has 0 spiro atoms. The molecule has 0 unspecified atom stereocenters. The quantitative estimate of drug-likeness (QED) is 0.359. The molecule has 36 heavy (non-hydrogen) atoms. The maximum atomic E-state index is 14.1. The van der Waals surface area contributed by atoms with Crippen LogP contribution in [0.5, 0.6) is 0 Å². The maximum Gasteiger partial charge on any atom is 0.417 e. The van der Waals surface area contributed by atoms with Gasteiger partial charge in [-0.25, -0.2) is 9.69 Å². The van der Waals surface area contributed by atoms with Crippen molar-refractivity contribution in [3.8, 4) is 0 Å². The van der Waals surface area contributed by atoms with Crippen LogP contribution in [0, 0.1) is 11.3 Å². The molecule has 192 valence electrons. The van der Waals surface area contributed by atoms with E-state index in [4.69, 9.17) is 39.5 Å². The molecule has 5 atom stereocenters. The fraction of sp³-hybridized carbons (Fsp3) is 0.448. The Morgan fingerprint density at radius 2 is 1.78 bits per heavy atom. The largest absolute Gasteiger partial charge is 0.443 e. The number of nitrogens with zero attached hydrogens (tertiary/aromatic N) is 1. The lowest BCUT2D eigenvalue weighted by atomic mass is 9.54. The third-order valence-electron chi connectivity index (χ3n) is 7.65. The molecule has 2 aliphatic rings. The summed E-state index contributed by atoms with van der Waals surface area (Å²) in [7, 11) is 0. The topological polar surface area (TPSA) is 46.6 Å². The average Bonchev–Trinajstić information content (AvgIpc) is 3.00. The highest BCUT2D eigenvalue weighted by atomic mass is 35.5. The number of amides is 2. The minimum absolute atomic E-state index is 0.0210. The average molecular weight is 549 g/mol. The Morgan fingerprint density at radius 1 is 1.14 bits per heavy atom. The Balaban J connectivity index is 1.88. The number of fused-ring (bicyclic) bond motifs is 1. The van der Waals surface area contributed by atoms with Gasteiger partial charge in [-0.3, -0.25) is 4.79 Å². The molecular weight excluding hydrogens is 517 g/mol. The number of hydrogen-bond donors (Lipinski definition) is 0. The fourth-order valence-corrected chi connectivity index (χ4v) is 7.04. The number of hydrogen-bond acceptors (Lipinski definition) is 3. The second-order valence-electron chi connectivity index (χ2n) is 11.0. The Morgan fingerprint density at radius 3 is 2.36 bits per heavy atom. The summed E-state index contributed by atoms with van der Waals surface area (Å²) in [5.41, 5.74) is 0.561. The first-order valence-electron chi connectivity index (χ1n) is 12.3. The van der Waals surface area contributed by atoms with E-state index in [1.807, 2.05) is 43.3 Å². The van der Waals surface area contributed by atoms with Crippen LogP contribution in [-0.2, 0) is 9.53 Å². The lowest BCUT2D eigenvalue weighted by Gasteiger charge is -2.47. The second-order valence-corrected chi connectivity index (χ2v) is 12.2. The molecule has 4 nitrogen and oxygen atoms in total. The number of likely N-dealkylation sites (tertiary alicyclic amines) is 1. The van der Waals surface area contributed by atoms with Gasteiger partial charge < -0.3 is 4.74 Å². The molecule has 2 fully saturated rings. The van der Waals surface area contributed by atoms with Crippen molar-refractivity contribution in [1.82, 2.24) is 4.90 Å². The van der Waals surface area contributed by atoms with Crippen molar-refractivity contribution < 1.29 is 14.3 Å². The zero-order valence-corrected chi connectivity index (χ0v) is 23.3. The van der Waals surface area contributed by atoms with Crippen LogP contribution in [0.1, 0.15) is 69.9 Å². The van der Waals surface area contributed by atoms with Crippen LogP contribution in [-0.4, -0.2) is 28.5 Å². The highest BCUT2D eigenvalue weighted by Crippen LogP contribution is 2.62. The van der Waals surface area contributed by atoms with E-state index in [2.05, 4.69) is 6.58 Å². The van der Waals surface area contributed by atoms with Gasteiger partial charge in [0.1, 0.15) is 5.60 Å². The Kier molecular flexibility index (Phi) is 7.54. The molecule has 0 radical (unpaired) electrons. The molecule has 2 aromatic rings. The molecule has 0 aromatic heterocycles. The van der Waals surface area contributed by atoms with Crippen LogP contribution < -0.4 is 0 Å². The Bertz CT molecular complexity index is 1170. The Hall–Kier alpha value is -2.01. The predicted octanol–water partition coefficient (Wildman–Crippen LogP) is 8.65. The molecule has 1 saturated heterocycles. The summed E-state index contributed by atoms with van der Waals surface area (Å²) in [6.45, 7) is 11.3. The van der Waals surface area contributed by atoms with E-state index in [1.54, 1.807) is 32.9 Å². The molecule has 1 heterocycles. The van der Waals surface area contributed by atoms with Crippen LogP contribution in [0.4, 0.5) is 4.79 Å². The van der Waals surface area contributed by atoms with E-state index in [0.717, 1.165) is 17.5 Å². The van der Waals surface area contributed by atoms with Gasteiger partial charge in [0.15, 0.2) is 0 Å². The molecule has 1 saturated carbocycles. The molecular formula is C29H32Cl3NO3. The van der Waals surface area contributed by atoms with Crippen molar-refractivity contribution in [2.45, 2.75) is 70.4 Å². The van der Waals surface area contributed by atoms with E-state index in [9.17, 15) is 9.59 Å². The summed E-state index contributed by atoms with van der Waals surface area (Å²) >= 11 is 19.2. The standard InChI is InChI=1S/C29H32Cl3NO3/c1-6-14-29-15-13-22(21-12-11-20(31)16-23(21)32)24(18-7-9-19(30)10-8-18)25(29)17(2)33(26(29)34)27(35)36-28(3,4)5/h6-12,16-17,22,24-25H,1,13-15H2,2-5H3/t17-,22+,24+,25+,29-/m1/s1. The van der Waals surface area contributed by atoms with Gasteiger partial charge in [-0.2, -0.15) is 0 Å². The first kappa shape index (κ1) is 27.0. The van der Waals surface area contributed by atoms with E-state index >= 15 is 0 Å². The normalized spacial score (nSPS) is 28.1. The molecule has 1 aliphatic heterocycles. The Labute approximate surface area is 228 Å². The second kappa shape index (κ2) is 10.0. The molecule has 0 bridgehead atoms. The number of imide groups is 1. The third-order valence-corrected chi connectivity index (χ3v) is 8.46. The molecule has 0 N–H and O–H groups in total. The van der Waals surface area contributed by atoms with Crippen LogP contribution in [0.25, 0.3) is 0 Å². The van der Waals surface area contributed by atoms with Crippen LogP contribution >= 0.6 is 34.8 Å². The maximum absolute atomic E-state index is 14.1. The first-order chi connectivity index (χ1) is 16.9. The number of rotatable bonds is 4. The SMILES string of the molecule is C=CC[C@@]12CC[C@@H](c3ccc(Cl)cc3Cl)[C@H](c3ccc(Cl)cc3)[C@@H]1[C@@H](C)N(C(=O)OC(C)(C)C)C2=O. The first-order valence-corrected chi connectivity index (χ1v) is 13.4. The van der Waals surface area contributed by atoms with Gasteiger partial charge in [0, 0.05) is 27.0 Å². The van der Waals surface area contributed by atoms with Gasteiger partial charge in [-0.15, -0.1) is 6.58 Å². The third kappa shape index (κ3) is 4.80. The number of halogens is 3. The van der Waals surface area contributed by atoms with E-state index < -0.39 is 17.1 Å². The number of carbonyl (C=O) groups excluding carboxylic acids is 2. The number of allylic oxidation sites excluding steroid dienone is 1. The number of ether oxygens (including phenoxy) is 1. The number of benzene rings is 2. The summed E-state index contributed by atoms with van der Waals surface area (Å²) in [5.74, 6) is -0.440. The lowest BCUT2D eigenvalue weighted by Crippen LogP contribution is -2.44. The number of carbonyl (C=O) groups is 2. The zero-order valence-electron chi connectivity index (χ0n) is 21.1. The minimum Gasteiger partial charge on any atom is -0.443 e.